The van der Waals surface area contributed by atoms with Gasteiger partial charge in [-0.25, -0.2) is 14.1 Å². The van der Waals surface area contributed by atoms with Gasteiger partial charge < -0.3 is 9.80 Å². The van der Waals surface area contributed by atoms with Crippen LogP contribution in [0.4, 0.5) is 26.2 Å². The standard InChI is InChI=1S/C27H23FN4O3/c28-21-13-7-8-18-16-27(24(33)29-26(35)32(25(27)34)20-11-5-2-6-12-20)22-17-30(14-15-31(22)23(18)21)19-9-3-1-4-10-19/h1-13,22H,14-17H2,(H,29,33,35)/t22-,27+/m1/s1. The molecule has 3 aliphatic rings. The lowest BCUT2D eigenvalue weighted by Crippen LogP contribution is -2.75. The molecule has 3 heterocycles. The van der Waals surface area contributed by atoms with Gasteiger partial charge in [0, 0.05) is 31.7 Å². The van der Waals surface area contributed by atoms with Gasteiger partial charge in [0.15, 0.2) is 5.41 Å². The first-order valence-corrected chi connectivity index (χ1v) is 11.6. The minimum Gasteiger partial charge on any atom is -0.368 e. The summed E-state index contributed by atoms with van der Waals surface area (Å²) in [6, 6.07) is 21.6. The second-order valence-electron chi connectivity index (χ2n) is 9.12. The predicted molar refractivity (Wildman–Crippen MR) is 130 cm³/mol. The Labute approximate surface area is 201 Å². The summed E-state index contributed by atoms with van der Waals surface area (Å²) in [6.07, 6.45) is 0.00513. The van der Waals surface area contributed by atoms with Crippen molar-refractivity contribution in [3.8, 4) is 0 Å². The van der Waals surface area contributed by atoms with Crippen LogP contribution in [0.2, 0.25) is 0 Å². The summed E-state index contributed by atoms with van der Waals surface area (Å²) < 4.78 is 15.1. The number of imide groups is 2. The van der Waals surface area contributed by atoms with Crippen molar-refractivity contribution in [3.63, 3.8) is 0 Å². The lowest BCUT2D eigenvalue weighted by Gasteiger charge is -2.55. The Hall–Kier alpha value is -4.20. The van der Waals surface area contributed by atoms with Crippen LogP contribution in [0, 0.1) is 11.2 Å². The molecule has 0 unspecified atom stereocenters. The van der Waals surface area contributed by atoms with Crippen molar-refractivity contribution in [3.05, 3.63) is 90.2 Å². The number of urea groups is 1. The molecule has 35 heavy (non-hydrogen) atoms. The first kappa shape index (κ1) is 21.3. The van der Waals surface area contributed by atoms with Crippen LogP contribution in [0.1, 0.15) is 5.56 Å². The SMILES string of the molecule is O=C1NC(=O)[C@@]2(Cc3cccc(F)c3N3CCN(c4ccccc4)C[C@@H]32)C(=O)N1c1ccccc1. The number of halogens is 1. The van der Waals surface area contributed by atoms with Gasteiger partial charge in [-0.1, -0.05) is 48.5 Å². The minimum atomic E-state index is -1.60. The van der Waals surface area contributed by atoms with E-state index in [-0.39, 0.29) is 12.2 Å². The summed E-state index contributed by atoms with van der Waals surface area (Å²) in [5.41, 5.74) is 0.758. The second-order valence-corrected chi connectivity index (χ2v) is 9.12. The van der Waals surface area contributed by atoms with Crippen molar-refractivity contribution in [2.75, 3.05) is 34.3 Å². The maximum absolute atomic E-state index is 15.1. The topological polar surface area (TPSA) is 73.0 Å². The quantitative estimate of drug-likeness (QED) is 0.582. The summed E-state index contributed by atoms with van der Waals surface area (Å²) in [5.74, 6) is -1.60. The maximum Gasteiger partial charge on any atom is 0.335 e. The number of hydrogen-bond donors (Lipinski definition) is 1. The second kappa shape index (κ2) is 7.94. The molecule has 1 N–H and O–H groups in total. The lowest BCUT2D eigenvalue weighted by atomic mass is 9.67. The van der Waals surface area contributed by atoms with E-state index in [1.165, 1.54) is 6.07 Å². The normalized spacial score (nSPS) is 23.7. The third-order valence-corrected chi connectivity index (χ3v) is 7.33. The molecule has 0 radical (unpaired) electrons. The average Bonchev–Trinajstić information content (AvgIpc) is 2.88. The van der Waals surface area contributed by atoms with Crippen LogP contribution < -0.4 is 20.0 Å². The molecule has 0 aliphatic carbocycles. The van der Waals surface area contributed by atoms with Gasteiger partial charge in [0.1, 0.15) is 5.82 Å². The van der Waals surface area contributed by atoms with E-state index in [0.29, 0.717) is 36.6 Å². The number of rotatable bonds is 2. The fourth-order valence-electron chi connectivity index (χ4n) is 5.70. The number of piperazine rings is 1. The molecule has 0 aromatic heterocycles. The zero-order chi connectivity index (χ0) is 24.2. The van der Waals surface area contributed by atoms with Gasteiger partial charge in [0.05, 0.1) is 17.4 Å². The van der Waals surface area contributed by atoms with E-state index in [2.05, 4.69) is 10.2 Å². The molecule has 4 amide bonds. The molecule has 3 aromatic carbocycles. The zero-order valence-corrected chi connectivity index (χ0v) is 18.9. The first-order chi connectivity index (χ1) is 17.0. The fraction of sp³-hybridized carbons (Fsp3) is 0.222. The Bertz CT molecular complexity index is 1330. The van der Waals surface area contributed by atoms with Crippen molar-refractivity contribution in [1.29, 1.82) is 0 Å². The molecule has 8 heteroatoms. The number of para-hydroxylation sites is 3. The first-order valence-electron chi connectivity index (χ1n) is 11.6. The highest BCUT2D eigenvalue weighted by Gasteiger charge is 2.63. The van der Waals surface area contributed by atoms with Gasteiger partial charge in [-0.2, -0.15) is 0 Å². The van der Waals surface area contributed by atoms with Gasteiger partial charge in [-0.05, 0) is 35.9 Å². The van der Waals surface area contributed by atoms with Crippen LogP contribution in [-0.2, 0) is 16.0 Å². The highest BCUT2D eigenvalue weighted by atomic mass is 19.1. The molecular weight excluding hydrogens is 447 g/mol. The Morgan fingerprint density at radius 1 is 0.829 bits per heavy atom. The monoisotopic (exact) mass is 470 g/mol. The van der Waals surface area contributed by atoms with Gasteiger partial charge in [-0.15, -0.1) is 0 Å². The van der Waals surface area contributed by atoms with E-state index >= 15 is 4.39 Å². The summed E-state index contributed by atoms with van der Waals surface area (Å²) >= 11 is 0. The van der Waals surface area contributed by atoms with E-state index in [4.69, 9.17) is 0 Å². The summed E-state index contributed by atoms with van der Waals surface area (Å²) in [5, 5.41) is 2.44. The molecule has 0 bridgehead atoms. The van der Waals surface area contributed by atoms with Crippen molar-refractivity contribution in [2.24, 2.45) is 5.41 Å². The van der Waals surface area contributed by atoms with E-state index in [1.54, 1.807) is 42.5 Å². The molecular formula is C27H23FN4O3. The number of benzene rings is 3. The fourth-order valence-corrected chi connectivity index (χ4v) is 5.70. The molecule has 0 saturated carbocycles. The molecule has 7 nitrogen and oxygen atoms in total. The molecule has 2 fully saturated rings. The molecule has 3 aromatic rings. The van der Waals surface area contributed by atoms with Crippen LogP contribution >= 0.6 is 0 Å². The number of amides is 4. The van der Waals surface area contributed by atoms with Gasteiger partial charge in [0.2, 0.25) is 5.91 Å². The number of nitrogens with one attached hydrogen (secondary N) is 1. The number of carbonyl (C=O) groups excluding carboxylic acids is 3. The third kappa shape index (κ3) is 3.13. The number of fused-ring (bicyclic) bond motifs is 4. The number of hydrogen-bond acceptors (Lipinski definition) is 5. The van der Waals surface area contributed by atoms with E-state index in [0.717, 1.165) is 10.6 Å². The van der Waals surface area contributed by atoms with E-state index in [1.807, 2.05) is 35.2 Å². The van der Waals surface area contributed by atoms with Crippen LogP contribution in [0.25, 0.3) is 0 Å². The molecule has 2 atom stereocenters. The molecule has 1 spiro atoms. The smallest absolute Gasteiger partial charge is 0.335 e. The van der Waals surface area contributed by atoms with Crippen molar-refractivity contribution in [2.45, 2.75) is 12.5 Å². The molecule has 176 valence electrons. The van der Waals surface area contributed by atoms with Gasteiger partial charge >= 0.3 is 6.03 Å². The Balaban J connectivity index is 1.51. The summed E-state index contributed by atoms with van der Waals surface area (Å²) in [6.45, 7) is 1.35. The predicted octanol–water partition coefficient (Wildman–Crippen LogP) is 3.35. The van der Waals surface area contributed by atoms with Gasteiger partial charge in [0.25, 0.3) is 5.91 Å². The lowest BCUT2D eigenvalue weighted by molar-refractivity contribution is -0.144. The molecule has 6 rings (SSSR count). The van der Waals surface area contributed by atoms with Crippen molar-refractivity contribution < 1.29 is 18.8 Å². The van der Waals surface area contributed by atoms with Crippen LogP contribution in [0.5, 0.6) is 0 Å². The highest BCUT2D eigenvalue weighted by molar-refractivity contribution is 6.30. The van der Waals surface area contributed by atoms with Crippen molar-refractivity contribution >= 4 is 34.9 Å². The third-order valence-electron chi connectivity index (χ3n) is 7.33. The van der Waals surface area contributed by atoms with Crippen LogP contribution in [0.3, 0.4) is 0 Å². The largest absolute Gasteiger partial charge is 0.368 e. The Kier molecular flexibility index (Phi) is 4.84. The molecule has 3 aliphatic heterocycles. The maximum atomic E-state index is 15.1. The van der Waals surface area contributed by atoms with E-state index in [9.17, 15) is 14.4 Å². The Morgan fingerprint density at radius 2 is 1.51 bits per heavy atom. The zero-order valence-electron chi connectivity index (χ0n) is 18.9. The van der Waals surface area contributed by atoms with Gasteiger partial charge in [-0.3, -0.25) is 14.9 Å². The van der Waals surface area contributed by atoms with Crippen LogP contribution in [-0.4, -0.2) is 43.5 Å². The van der Waals surface area contributed by atoms with E-state index < -0.39 is 29.3 Å². The minimum absolute atomic E-state index is 0.00513. The molecule has 2 saturated heterocycles. The number of carbonyl (C=O) groups is 3. The van der Waals surface area contributed by atoms with Crippen LogP contribution in [0.15, 0.2) is 78.9 Å². The summed E-state index contributed by atoms with van der Waals surface area (Å²) in [4.78, 5) is 45.7. The number of barbiturate groups is 1. The van der Waals surface area contributed by atoms with Crippen molar-refractivity contribution in [1.82, 2.24) is 5.32 Å². The Morgan fingerprint density at radius 3 is 2.23 bits per heavy atom. The average molecular weight is 471 g/mol. The number of anilines is 3. The number of nitrogens with zero attached hydrogens (tertiary/aromatic N) is 3. The highest BCUT2D eigenvalue weighted by Crippen LogP contribution is 2.47. The summed E-state index contributed by atoms with van der Waals surface area (Å²) in [7, 11) is 0.